The zero-order valence-electron chi connectivity index (χ0n) is 13.6. The molecule has 0 saturated carbocycles. The highest BCUT2D eigenvalue weighted by Gasteiger charge is 2.24. The number of nitrogens with one attached hydrogen (secondary N) is 2. The molecule has 1 fully saturated rings. The fourth-order valence-electron chi connectivity index (χ4n) is 3.52. The maximum Gasteiger partial charge on any atom is 0.262 e. The van der Waals surface area contributed by atoms with Crippen molar-refractivity contribution in [2.45, 2.75) is 45.2 Å². The van der Waals surface area contributed by atoms with E-state index >= 15 is 0 Å². The van der Waals surface area contributed by atoms with E-state index < -0.39 is 0 Å². The first-order valence-electron chi connectivity index (χ1n) is 8.19. The standard InChI is InChI=1S/C16H20N4O2S.ClH/c1-9-12-15(19-11-5-3-7-20(11)16(12)22)23-13(9)14(21)18-10-4-2-6-17-8-10;/h10,17H,2-8H2,1H3,(H,18,21);1H/t10-;/m0./s1. The molecule has 0 aliphatic carbocycles. The number of thiophene rings is 1. The number of piperidine rings is 1. The summed E-state index contributed by atoms with van der Waals surface area (Å²) in [5.41, 5.74) is 0.778. The summed E-state index contributed by atoms with van der Waals surface area (Å²) in [6.07, 6.45) is 3.89. The molecule has 1 amide bonds. The minimum Gasteiger partial charge on any atom is -0.347 e. The second kappa shape index (κ2) is 6.82. The molecule has 8 heteroatoms. The van der Waals surface area contributed by atoms with Gasteiger partial charge in [0.1, 0.15) is 10.7 Å². The summed E-state index contributed by atoms with van der Waals surface area (Å²) in [4.78, 5) is 31.2. The highest BCUT2D eigenvalue weighted by Crippen LogP contribution is 2.28. The number of carbonyl (C=O) groups excluding carboxylic acids is 1. The van der Waals surface area contributed by atoms with Gasteiger partial charge in [-0.25, -0.2) is 4.98 Å². The van der Waals surface area contributed by atoms with Crippen LogP contribution >= 0.6 is 23.7 Å². The molecule has 0 unspecified atom stereocenters. The van der Waals surface area contributed by atoms with Gasteiger partial charge in [-0.1, -0.05) is 0 Å². The lowest BCUT2D eigenvalue weighted by Crippen LogP contribution is -2.45. The molecule has 2 N–H and O–H groups in total. The second-order valence-corrected chi connectivity index (χ2v) is 7.34. The van der Waals surface area contributed by atoms with Crippen molar-refractivity contribution in [2.75, 3.05) is 13.1 Å². The van der Waals surface area contributed by atoms with Gasteiger partial charge in [0, 0.05) is 25.6 Å². The minimum atomic E-state index is -0.0799. The summed E-state index contributed by atoms with van der Waals surface area (Å²) in [6.45, 7) is 4.42. The largest absolute Gasteiger partial charge is 0.347 e. The van der Waals surface area contributed by atoms with E-state index in [0.717, 1.165) is 56.7 Å². The number of aromatic nitrogens is 2. The van der Waals surface area contributed by atoms with Crippen LogP contribution in [0, 0.1) is 6.92 Å². The molecular weight excluding hydrogens is 348 g/mol. The normalized spacial score (nSPS) is 19.8. The fraction of sp³-hybridized carbons (Fsp3) is 0.562. The molecule has 2 aliphatic heterocycles. The summed E-state index contributed by atoms with van der Waals surface area (Å²) in [5.74, 6) is 0.774. The first-order valence-corrected chi connectivity index (χ1v) is 9.01. The molecule has 2 aliphatic rings. The second-order valence-electron chi connectivity index (χ2n) is 6.34. The Balaban J connectivity index is 0.00000169. The van der Waals surface area contributed by atoms with Crippen molar-refractivity contribution in [3.63, 3.8) is 0 Å². The van der Waals surface area contributed by atoms with Crippen molar-refractivity contribution < 1.29 is 4.79 Å². The first-order chi connectivity index (χ1) is 11.1. The molecule has 24 heavy (non-hydrogen) atoms. The van der Waals surface area contributed by atoms with Crippen molar-refractivity contribution in [1.82, 2.24) is 20.2 Å². The van der Waals surface area contributed by atoms with E-state index in [1.54, 1.807) is 4.57 Å². The predicted octanol–water partition coefficient (Wildman–Crippen LogP) is 1.62. The van der Waals surface area contributed by atoms with Crippen LogP contribution in [-0.4, -0.2) is 34.6 Å². The smallest absolute Gasteiger partial charge is 0.262 e. The number of hydrogen-bond acceptors (Lipinski definition) is 5. The first kappa shape index (κ1) is 17.4. The van der Waals surface area contributed by atoms with Gasteiger partial charge in [-0.2, -0.15) is 0 Å². The topological polar surface area (TPSA) is 76.0 Å². The Labute approximate surface area is 150 Å². The van der Waals surface area contributed by atoms with Crippen molar-refractivity contribution in [2.24, 2.45) is 0 Å². The average molecular weight is 369 g/mol. The number of hydrogen-bond donors (Lipinski definition) is 2. The third kappa shape index (κ3) is 2.85. The zero-order chi connectivity index (χ0) is 16.0. The number of rotatable bonds is 2. The van der Waals surface area contributed by atoms with Gasteiger partial charge in [0.05, 0.1) is 10.3 Å². The molecule has 1 atom stereocenters. The van der Waals surface area contributed by atoms with Gasteiger partial charge in [0.2, 0.25) is 0 Å². The highest BCUT2D eigenvalue weighted by molar-refractivity contribution is 7.20. The third-order valence-electron chi connectivity index (χ3n) is 4.75. The van der Waals surface area contributed by atoms with E-state index in [1.165, 1.54) is 11.3 Å². The van der Waals surface area contributed by atoms with Crippen molar-refractivity contribution in [1.29, 1.82) is 0 Å². The molecule has 2 aromatic heterocycles. The third-order valence-corrected chi connectivity index (χ3v) is 5.93. The molecule has 2 aromatic rings. The predicted molar refractivity (Wildman–Crippen MR) is 97.5 cm³/mol. The van der Waals surface area contributed by atoms with E-state index in [1.807, 2.05) is 6.92 Å². The summed E-state index contributed by atoms with van der Waals surface area (Å²) < 4.78 is 1.76. The molecule has 1 saturated heterocycles. The fourth-order valence-corrected chi connectivity index (χ4v) is 4.61. The lowest BCUT2D eigenvalue weighted by atomic mass is 10.1. The molecule has 4 rings (SSSR count). The maximum atomic E-state index is 12.7. The van der Waals surface area contributed by atoms with Crippen LogP contribution in [0.1, 0.15) is 40.3 Å². The van der Waals surface area contributed by atoms with E-state index in [2.05, 4.69) is 15.6 Å². The van der Waals surface area contributed by atoms with Crippen LogP contribution in [0.2, 0.25) is 0 Å². The quantitative estimate of drug-likeness (QED) is 0.844. The zero-order valence-corrected chi connectivity index (χ0v) is 15.2. The Bertz CT molecular complexity index is 839. The molecule has 0 aromatic carbocycles. The molecule has 130 valence electrons. The van der Waals surface area contributed by atoms with E-state index in [-0.39, 0.29) is 29.9 Å². The lowest BCUT2D eigenvalue weighted by Gasteiger charge is -2.23. The number of fused-ring (bicyclic) bond motifs is 2. The number of amides is 1. The van der Waals surface area contributed by atoms with Crippen molar-refractivity contribution >= 4 is 39.9 Å². The Morgan fingerprint density at radius 2 is 2.25 bits per heavy atom. The monoisotopic (exact) mass is 368 g/mol. The van der Waals surface area contributed by atoms with Crippen LogP contribution in [0.25, 0.3) is 10.2 Å². The molecule has 0 bridgehead atoms. The average Bonchev–Trinajstić information content (AvgIpc) is 3.14. The van der Waals surface area contributed by atoms with Gasteiger partial charge in [-0.3, -0.25) is 14.2 Å². The number of carbonyl (C=O) groups is 1. The van der Waals surface area contributed by atoms with Gasteiger partial charge < -0.3 is 10.6 Å². The van der Waals surface area contributed by atoms with Crippen LogP contribution in [-0.2, 0) is 13.0 Å². The van der Waals surface area contributed by atoms with Crippen LogP contribution in [0.5, 0.6) is 0 Å². The van der Waals surface area contributed by atoms with Gasteiger partial charge in [0.25, 0.3) is 11.5 Å². The summed E-state index contributed by atoms with van der Waals surface area (Å²) in [5, 5.41) is 7.00. The maximum absolute atomic E-state index is 12.7. The molecule has 0 radical (unpaired) electrons. The Morgan fingerprint density at radius 3 is 3.00 bits per heavy atom. The number of halogens is 1. The summed E-state index contributed by atoms with van der Waals surface area (Å²) in [7, 11) is 0. The van der Waals surface area contributed by atoms with E-state index in [9.17, 15) is 9.59 Å². The molecule has 6 nitrogen and oxygen atoms in total. The van der Waals surface area contributed by atoms with Gasteiger partial charge >= 0.3 is 0 Å². The van der Waals surface area contributed by atoms with Gasteiger partial charge in [0.15, 0.2) is 0 Å². The lowest BCUT2D eigenvalue weighted by molar-refractivity contribution is 0.0934. The summed E-state index contributed by atoms with van der Waals surface area (Å²) >= 11 is 1.34. The van der Waals surface area contributed by atoms with Crippen LogP contribution in [0.4, 0.5) is 0 Å². The number of aryl methyl sites for hydroxylation is 2. The van der Waals surface area contributed by atoms with Gasteiger partial charge in [-0.05, 0) is 38.3 Å². The molecular formula is C16H21ClN4O2S. The summed E-state index contributed by atoms with van der Waals surface area (Å²) in [6, 6.07) is 0.167. The minimum absolute atomic E-state index is 0. The van der Waals surface area contributed by atoms with Crippen molar-refractivity contribution in [3.05, 3.63) is 26.6 Å². The van der Waals surface area contributed by atoms with E-state index in [0.29, 0.717) is 15.1 Å². The molecule has 0 spiro atoms. The van der Waals surface area contributed by atoms with Crippen LogP contribution in [0.15, 0.2) is 4.79 Å². The van der Waals surface area contributed by atoms with Gasteiger partial charge in [-0.15, -0.1) is 23.7 Å². The molecule has 4 heterocycles. The van der Waals surface area contributed by atoms with Crippen LogP contribution < -0.4 is 16.2 Å². The SMILES string of the molecule is Cc1c(C(=O)N[C@H]2CCCNC2)sc2nc3n(c(=O)c12)CCC3.Cl. The highest BCUT2D eigenvalue weighted by atomic mass is 35.5. The Kier molecular flexibility index (Phi) is 4.94. The number of nitrogens with zero attached hydrogens (tertiary/aromatic N) is 2. The Morgan fingerprint density at radius 1 is 1.42 bits per heavy atom. The van der Waals surface area contributed by atoms with Crippen LogP contribution in [0.3, 0.4) is 0 Å². The van der Waals surface area contributed by atoms with Crippen molar-refractivity contribution in [3.8, 4) is 0 Å². The van der Waals surface area contributed by atoms with E-state index in [4.69, 9.17) is 0 Å². The Hall–Kier alpha value is -1.44.